The van der Waals surface area contributed by atoms with E-state index in [0.717, 1.165) is 101 Å². The molecule has 2 aliphatic heterocycles. The lowest BCUT2D eigenvalue weighted by molar-refractivity contribution is -0.150. The van der Waals surface area contributed by atoms with Gasteiger partial charge in [-0.05, 0) is 207 Å². The van der Waals surface area contributed by atoms with E-state index >= 15 is 0 Å². The lowest BCUT2D eigenvalue weighted by atomic mass is 9.78. The largest absolute Gasteiger partial charge is 0.448 e. The summed E-state index contributed by atoms with van der Waals surface area (Å²) >= 11 is 0. The number of carbonyl (C=O) groups excluding carboxylic acids is 12. The lowest BCUT2D eigenvalue weighted by Crippen LogP contribution is -2.50. The zero-order valence-electron chi connectivity index (χ0n) is 82.5. The molecule has 0 radical (unpaired) electrons. The highest BCUT2D eigenvalue weighted by Gasteiger charge is 2.54. The third-order valence-corrected chi connectivity index (χ3v) is 28.3. The van der Waals surface area contributed by atoms with Crippen LogP contribution in [0.15, 0.2) is 55.2 Å². The Kier molecular flexibility index (Phi) is 32.8. The van der Waals surface area contributed by atoms with Crippen LogP contribution in [0, 0.1) is 68.4 Å². The van der Waals surface area contributed by atoms with Gasteiger partial charge in [-0.1, -0.05) is 38.3 Å². The van der Waals surface area contributed by atoms with E-state index in [1.165, 1.54) is 28.2 Å². The van der Waals surface area contributed by atoms with Crippen LogP contribution in [0.4, 0.5) is 51.8 Å². The molecule has 0 bridgehead atoms. The van der Waals surface area contributed by atoms with E-state index in [-0.39, 0.29) is 186 Å². The molecule has 44 nitrogen and oxygen atoms in total. The van der Waals surface area contributed by atoms with Gasteiger partial charge in [0.15, 0.2) is 40.6 Å². The van der Waals surface area contributed by atoms with Gasteiger partial charge in [0.25, 0.3) is 35.3 Å². The molecule has 776 valence electrons. The molecule has 6 aromatic rings. The van der Waals surface area contributed by atoms with Gasteiger partial charge in [0, 0.05) is 98.6 Å². The van der Waals surface area contributed by atoms with Gasteiger partial charge in [0.1, 0.15) is 66.7 Å². The predicted octanol–water partition coefficient (Wildman–Crippen LogP) is 11.3. The van der Waals surface area contributed by atoms with Crippen molar-refractivity contribution >= 4 is 100 Å². The number of fused-ring (bicyclic) bond motifs is 1. The molecule has 2 atom stereocenters. The smallest absolute Gasteiger partial charge is 0.407 e. The summed E-state index contributed by atoms with van der Waals surface area (Å²) in [4.78, 5) is 164. The maximum absolute atomic E-state index is 12.7. The summed E-state index contributed by atoms with van der Waals surface area (Å²) < 4.78 is 68.9. The molecule has 12 amide bonds. The minimum atomic E-state index is -4.29. The first kappa shape index (κ1) is 108. The third-order valence-electron chi connectivity index (χ3n) is 28.3. The first-order chi connectivity index (χ1) is 68.6. The van der Waals surface area contributed by atoms with Crippen molar-refractivity contribution in [1.29, 1.82) is 0 Å². The van der Waals surface area contributed by atoms with Crippen LogP contribution in [-0.2, 0) is 61.1 Å². The van der Waals surface area contributed by atoms with Gasteiger partial charge in [-0.25, -0.2) is 42.4 Å². The Morgan fingerprint density at radius 3 is 0.903 bits per heavy atom. The summed E-state index contributed by atoms with van der Waals surface area (Å²) in [5.74, 6) is -2.85. The number of nitrogens with zero attached hydrogens (tertiary/aromatic N) is 16. The minimum absolute atomic E-state index is 0.000213. The number of likely N-dealkylation sites (tertiary alicyclic amines) is 1. The molecule has 0 unspecified atom stereocenters. The van der Waals surface area contributed by atoms with E-state index in [2.05, 4.69) is 86.9 Å². The van der Waals surface area contributed by atoms with Gasteiger partial charge in [0.2, 0.25) is 62.3 Å². The number of amides is 12. The number of para-hydroxylation sites is 2. The Hall–Kier alpha value is -14.7. The predicted molar refractivity (Wildman–Crippen MR) is 519 cm³/mol. The second kappa shape index (κ2) is 44.3. The van der Waals surface area contributed by atoms with Gasteiger partial charge in [-0.15, -0.1) is 0 Å². The molecule has 47 heteroatoms. The summed E-state index contributed by atoms with van der Waals surface area (Å²) in [5, 5.41) is 41.5. The van der Waals surface area contributed by atoms with E-state index in [4.69, 9.17) is 80.5 Å². The van der Waals surface area contributed by atoms with Gasteiger partial charge in [-0.2, -0.15) is 38.7 Å². The second-order valence-electron chi connectivity index (χ2n) is 41.9. The van der Waals surface area contributed by atoms with E-state index < -0.39 is 99.1 Å². The standard InChI is InChI=1S/C22H23N5O4.2C21H30N6O4.C18H23F3N6O2.C16H21N5O2/c1-24-13-21(8-10-22(11-9-21)30-16-4-2-3-5-17(16)31-22)27-12-15(18(23)28)19(26-27)25-20(29)14-6-7-14;2*1-20(2,3)31-19(30)24-14-7-9-21(10-8-14,12-23-4)27-11-15(16(22)28)17(26-27)25-18(29)13-5-6-13;1-11-7-12(11)16(29)24-15-13(14(22)28)8-27(25-15)17(9-23-2)3-5-26(6-4-17)10-18(19,20)21;1-18-10-16(7-3-2-4-8-16)21-9-12(13(17)22)14(20-21)19-15(23)11-5-6-11/h2-5,12,14H,6-11,13H2,(H2,23,28)(H,25,26,29);2*11,13-14H,5-10,12H2,1-3H3,(H2,22,28)(H,24,30)(H,25,26,29);8,11-12H,3-7,9-10H2,1H3,(H2,22,28)(H,24,25,29);9,11H,2-8,10H2,(H2,17,22)(H,19,20,23)/t;;;11-,12-;/m...1./s1. The molecule has 10 fully saturated rings. The van der Waals surface area contributed by atoms with Gasteiger partial charge < -0.3 is 109 Å². The Morgan fingerprint density at radius 1 is 0.393 bits per heavy atom. The van der Waals surface area contributed by atoms with Crippen LogP contribution >= 0.6 is 0 Å². The molecule has 9 aliphatic carbocycles. The molecule has 1 spiro atoms. The van der Waals surface area contributed by atoms with E-state index in [9.17, 15) is 70.7 Å². The van der Waals surface area contributed by atoms with E-state index in [1.807, 2.05) is 72.7 Å². The molecule has 145 heavy (non-hydrogen) atoms. The Labute approximate surface area is 836 Å². The number of halogens is 3. The molecule has 11 aliphatic rings. The summed E-state index contributed by atoms with van der Waals surface area (Å²) in [6.45, 7) is 49.8. The number of nitrogens with two attached hydrogens (primary N) is 5. The maximum atomic E-state index is 12.7. The fourth-order valence-corrected chi connectivity index (χ4v) is 19.1. The fourth-order valence-electron chi connectivity index (χ4n) is 19.1. The van der Waals surface area contributed by atoms with Crippen molar-refractivity contribution in [3.63, 3.8) is 0 Å². The summed E-state index contributed by atoms with van der Waals surface area (Å²) in [6, 6.07) is 7.42. The molecule has 1 aromatic carbocycles. The summed E-state index contributed by atoms with van der Waals surface area (Å²) in [7, 11) is 0. The maximum Gasteiger partial charge on any atom is 0.407 e. The van der Waals surface area contributed by atoms with Crippen LogP contribution in [0.5, 0.6) is 11.5 Å². The van der Waals surface area contributed by atoms with Crippen molar-refractivity contribution in [2.75, 3.05) is 78.9 Å². The average Bonchev–Trinajstić information content (AvgIpc) is 1.59. The highest BCUT2D eigenvalue weighted by atomic mass is 19.4. The van der Waals surface area contributed by atoms with Crippen LogP contribution in [0.25, 0.3) is 24.2 Å². The highest BCUT2D eigenvalue weighted by molar-refractivity contribution is 6.06. The van der Waals surface area contributed by atoms with Gasteiger partial charge in [-0.3, -0.25) is 76.3 Å². The van der Waals surface area contributed by atoms with Crippen molar-refractivity contribution in [1.82, 2.24) is 64.4 Å². The Bertz CT molecular complexity index is 5890. The number of nitrogens with one attached hydrogen (secondary N) is 7. The lowest BCUT2D eigenvalue weighted by Gasteiger charge is -2.40. The third kappa shape index (κ3) is 27.3. The normalized spacial score (nSPS) is 22.3. The van der Waals surface area contributed by atoms with Gasteiger partial charge in [0.05, 0.1) is 6.54 Å². The van der Waals surface area contributed by atoms with E-state index in [0.29, 0.717) is 83.6 Å². The van der Waals surface area contributed by atoms with E-state index in [1.54, 1.807) is 31.1 Å². The molecule has 5 aromatic heterocycles. The van der Waals surface area contributed by atoms with Crippen LogP contribution in [0.2, 0.25) is 0 Å². The quantitative estimate of drug-likeness (QED) is 0.0203. The summed E-state index contributed by atoms with van der Waals surface area (Å²) in [5.41, 5.74) is 23.7. The number of carbonyl (C=O) groups is 12. The van der Waals surface area contributed by atoms with Crippen molar-refractivity contribution in [2.45, 2.75) is 291 Å². The molecular weight excluding hydrogens is 1880 g/mol. The molecular formula is C98H127F3N28O16. The Morgan fingerprint density at radius 2 is 0.655 bits per heavy atom. The first-order valence-corrected chi connectivity index (χ1v) is 49.0. The molecule has 17 N–H and O–H groups in total. The number of primary amides is 5. The molecule has 17 rings (SSSR count). The van der Waals surface area contributed by atoms with Crippen LogP contribution in [-0.4, -0.2) is 213 Å². The van der Waals surface area contributed by atoms with Crippen LogP contribution < -0.4 is 75.4 Å². The fraction of sp³-hybridized carbons (Fsp3) is 0.612. The number of benzene rings is 1. The molecule has 1 saturated heterocycles. The number of piperidine rings is 1. The highest BCUT2D eigenvalue weighted by Crippen LogP contribution is 2.51. The number of hydrogen-bond acceptors (Lipinski definition) is 22. The number of ether oxygens (including phenoxy) is 4. The van der Waals surface area contributed by atoms with Crippen molar-refractivity contribution in [3.05, 3.63) is 140 Å². The molecule has 7 heterocycles. The number of hydrogen-bond donors (Lipinski definition) is 12. The topological polar surface area (TPSA) is 570 Å². The van der Waals surface area contributed by atoms with Crippen molar-refractivity contribution in [2.24, 2.45) is 64.2 Å². The number of alkyl halides is 3. The van der Waals surface area contributed by atoms with Crippen molar-refractivity contribution < 1.29 is 89.7 Å². The zero-order chi connectivity index (χ0) is 105. The minimum Gasteiger partial charge on any atom is -0.448 e. The van der Waals surface area contributed by atoms with Crippen LogP contribution in [0.3, 0.4) is 0 Å². The summed E-state index contributed by atoms with van der Waals surface area (Å²) in [6.07, 6.45) is 22.4. The number of rotatable bonds is 28. The van der Waals surface area contributed by atoms with Gasteiger partial charge >= 0.3 is 18.4 Å². The monoisotopic (exact) mass is 2010 g/mol. The van der Waals surface area contributed by atoms with Crippen LogP contribution in [0.1, 0.15) is 280 Å². The zero-order valence-corrected chi connectivity index (χ0v) is 82.5. The Balaban J connectivity index is 0.000000152. The SMILES string of the molecule is [C-]#[N+]CC1(n2cc(C(N)=O)c(NC(=O)C3CC3)n2)CCC(NC(=O)OC(C)(C)C)CC1.[C-]#[N+]CC1(n2cc(C(N)=O)c(NC(=O)C3CC3)n2)CCC(NC(=O)OC(C)(C)C)CC1.[C-]#[N+]CC1(n2cc(C(N)=O)c(NC(=O)C3CC3)n2)CCC2(CC1)Oc1ccccc1O2.[C-]#[N+]CC1(n2cc(C(N)=O)c(NC(=O)C3CC3)n2)CCCCC1.[C-]#[N+]CC1(n2cc(C(N)=O)c(NC(=O)[C@@H]3C[C@H]3C)n2)CCN(CC(F)(F)F)CC1. The molecule has 9 saturated carbocycles. The number of anilines is 5. The number of alkyl carbamates (subject to hydrolysis) is 2. The van der Waals surface area contributed by atoms with Crippen molar-refractivity contribution in [3.8, 4) is 11.5 Å². The number of aromatic nitrogens is 10. The second-order valence-corrected chi connectivity index (χ2v) is 41.9. The first-order valence-electron chi connectivity index (χ1n) is 49.0. The average molecular weight is 2010 g/mol.